The first-order valence-corrected chi connectivity index (χ1v) is 10.0. The Kier molecular flexibility index (Phi) is 4.78. The van der Waals surface area contributed by atoms with Gasteiger partial charge in [-0.3, -0.25) is 0 Å². The van der Waals surface area contributed by atoms with Crippen LogP contribution in [0.4, 0.5) is 5.13 Å². The minimum absolute atomic E-state index is 0.119. The fourth-order valence-electron chi connectivity index (χ4n) is 3.12. The molecule has 3 aromatic rings. The predicted octanol–water partition coefficient (Wildman–Crippen LogP) is 5.58. The molecular weight excluding hydrogens is 410 g/mol. The van der Waals surface area contributed by atoms with Crippen molar-refractivity contribution in [3.8, 4) is 5.75 Å². The lowest BCUT2D eigenvalue weighted by atomic mass is 9.98. The Bertz CT molecular complexity index is 952. The van der Waals surface area contributed by atoms with E-state index < -0.39 is 0 Å². The van der Waals surface area contributed by atoms with Crippen molar-refractivity contribution in [3.63, 3.8) is 0 Å². The number of aryl methyl sites for hydroxylation is 1. The Morgan fingerprint density at radius 3 is 2.62 bits per heavy atom. The van der Waals surface area contributed by atoms with Crippen LogP contribution in [-0.2, 0) is 0 Å². The van der Waals surface area contributed by atoms with Crippen molar-refractivity contribution in [2.24, 2.45) is 5.10 Å². The summed E-state index contributed by atoms with van der Waals surface area (Å²) in [5.74, 6) is 0.845. The van der Waals surface area contributed by atoms with Gasteiger partial charge in [-0.1, -0.05) is 40.2 Å². The van der Waals surface area contributed by atoms with Gasteiger partial charge in [0.05, 0.1) is 24.6 Å². The highest BCUT2D eigenvalue weighted by atomic mass is 79.9. The van der Waals surface area contributed by atoms with Gasteiger partial charge in [0.2, 0.25) is 5.13 Å². The lowest BCUT2D eigenvalue weighted by molar-refractivity contribution is 0.414. The molecule has 0 radical (unpaired) electrons. The van der Waals surface area contributed by atoms with Crippen molar-refractivity contribution in [2.45, 2.75) is 19.4 Å². The van der Waals surface area contributed by atoms with Gasteiger partial charge in [0.15, 0.2) is 0 Å². The second-order valence-corrected chi connectivity index (χ2v) is 7.89. The van der Waals surface area contributed by atoms with Crippen molar-refractivity contribution in [1.29, 1.82) is 0 Å². The van der Waals surface area contributed by atoms with Crippen molar-refractivity contribution in [3.05, 3.63) is 75.2 Å². The summed E-state index contributed by atoms with van der Waals surface area (Å²) < 4.78 is 6.61. The molecule has 26 heavy (non-hydrogen) atoms. The highest BCUT2D eigenvalue weighted by Crippen LogP contribution is 2.39. The quantitative estimate of drug-likeness (QED) is 0.545. The predicted molar refractivity (Wildman–Crippen MR) is 110 cm³/mol. The van der Waals surface area contributed by atoms with Gasteiger partial charge < -0.3 is 4.74 Å². The first kappa shape index (κ1) is 17.2. The largest absolute Gasteiger partial charge is 0.496 e. The van der Waals surface area contributed by atoms with Crippen LogP contribution in [0.25, 0.3) is 0 Å². The maximum Gasteiger partial charge on any atom is 0.206 e. The van der Waals surface area contributed by atoms with Gasteiger partial charge in [0.1, 0.15) is 5.75 Å². The van der Waals surface area contributed by atoms with Crippen molar-refractivity contribution in [1.82, 2.24) is 4.98 Å². The zero-order chi connectivity index (χ0) is 18.1. The lowest BCUT2D eigenvalue weighted by Gasteiger charge is -2.21. The van der Waals surface area contributed by atoms with E-state index in [9.17, 15) is 0 Å². The Morgan fingerprint density at radius 2 is 1.92 bits per heavy atom. The number of benzene rings is 2. The molecule has 1 atom stereocenters. The monoisotopic (exact) mass is 427 g/mol. The molecular formula is C20H18BrN3OS. The summed E-state index contributed by atoms with van der Waals surface area (Å²) in [6.45, 7) is 2.01. The number of hydrazone groups is 1. The van der Waals surface area contributed by atoms with Crippen LogP contribution in [0.3, 0.4) is 0 Å². The molecule has 0 saturated heterocycles. The third-order valence-corrected chi connectivity index (χ3v) is 5.86. The molecule has 1 unspecified atom stereocenters. The van der Waals surface area contributed by atoms with E-state index in [1.807, 2.05) is 30.1 Å². The smallest absolute Gasteiger partial charge is 0.206 e. The fourth-order valence-corrected chi connectivity index (χ4v) is 4.19. The molecule has 132 valence electrons. The Morgan fingerprint density at radius 1 is 1.15 bits per heavy atom. The maximum atomic E-state index is 5.54. The third kappa shape index (κ3) is 3.27. The van der Waals surface area contributed by atoms with Crippen molar-refractivity contribution in [2.75, 3.05) is 12.1 Å². The van der Waals surface area contributed by atoms with Crippen molar-refractivity contribution >= 4 is 38.1 Å². The number of para-hydroxylation sites is 1. The highest BCUT2D eigenvalue weighted by Gasteiger charge is 2.32. The second-order valence-electron chi connectivity index (χ2n) is 6.13. The van der Waals surface area contributed by atoms with Gasteiger partial charge in [-0.25, -0.2) is 9.99 Å². The number of nitrogens with zero attached hydrogens (tertiary/aromatic N) is 3. The third-order valence-electron chi connectivity index (χ3n) is 4.39. The topological polar surface area (TPSA) is 37.7 Å². The molecule has 1 aliphatic heterocycles. The van der Waals surface area contributed by atoms with E-state index in [-0.39, 0.29) is 6.04 Å². The van der Waals surface area contributed by atoms with Gasteiger partial charge in [-0.05, 0) is 36.8 Å². The van der Waals surface area contributed by atoms with E-state index in [0.29, 0.717) is 0 Å². The van der Waals surface area contributed by atoms with Gasteiger partial charge >= 0.3 is 0 Å². The molecule has 4 nitrogen and oxygen atoms in total. The Labute approximate surface area is 165 Å². The number of methoxy groups -OCH3 is 1. The van der Waals surface area contributed by atoms with Gasteiger partial charge in [-0.2, -0.15) is 5.10 Å². The molecule has 0 N–H and O–H groups in total. The summed E-state index contributed by atoms with van der Waals surface area (Å²) in [6, 6.07) is 16.6. The van der Waals surface area contributed by atoms with E-state index in [0.717, 1.165) is 38.7 Å². The molecule has 1 aromatic heterocycles. The number of aromatic nitrogens is 1. The molecule has 0 spiro atoms. The molecule has 0 bridgehead atoms. The van der Waals surface area contributed by atoms with Crippen LogP contribution < -0.4 is 9.75 Å². The molecule has 0 saturated carbocycles. The molecule has 0 aliphatic carbocycles. The average molecular weight is 428 g/mol. The van der Waals surface area contributed by atoms with Gasteiger partial charge in [0, 0.05) is 21.8 Å². The van der Waals surface area contributed by atoms with Crippen LogP contribution in [0.15, 0.2) is 63.5 Å². The molecule has 0 amide bonds. The van der Waals surface area contributed by atoms with E-state index >= 15 is 0 Å². The number of halogens is 1. The van der Waals surface area contributed by atoms with Gasteiger partial charge in [-0.15, -0.1) is 11.3 Å². The summed E-state index contributed by atoms with van der Waals surface area (Å²) in [5.41, 5.74) is 4.28. The summed E-state index contributed by atoms with van der Waals surface area (Å²) in [7, 11) is 1.70. The fraction of sp³-hybridized carbons (Fsp3) is 0.200. The molecule has 4 rings (SSSR count). The lowest BCUT2D eigenvalue weighted by Crippen LogP contribution is -2.18. The van der Waals surface area contributed by atoms with Crippen LogP contribution in [0.2, 0.25) is 0 Å². The summed E-state index contributed by atoms with van der Waals surface area (Å²) in [5, 5.41) is 9.96. The summed E-state index contributed by atoms with van der Waals surface area (Å²) in [4.78, 5) is 4.65. The van der Waals surface area contributed by atoms with Crippen molar-refractivity contribution < 1.29 is 4.74 Å². The zero-order valence-corrected chi connectivity index (χ0v) is 16.9. The number of hydrogen-bond acceptors (Lipinski definition) is 5. The minimum Gasteiger partial charge on any atom is -0.496 e. The summed E-state index contributed by atoms with van der Waals surface area (Å²) >= 11 is 5.14. The SMILES string of the molecule is COc1ccccc1C1=NN(c2nc(C)cs2)C(c2ccc(Br)cc2)C1. The van der Waals surface area contributed by atoms with E-state index in [2.05, 4.69) is 56.6 Å². The number of thiazole rings is 1. The van der Waals surface area contributed by atoms with Gasteiger partial charge in [0.25, 0.3) is 0 Å². The normalized spacial score (nSPS) is 16.7. The number of rotatable bonds is 4. The van der Waals surface area contributed by atoms with Crippen LogP contribution in [0, 0.1) is 6.92 Å². The summed E-state index contributed by atoms with van der Waals surface area (Å²) in [6.07, 6.45) is 0.806. The maximum absolute atomic E-state index is 5.54. The molecule has 2 heterocycles. The number of hydrogen-bond donors (Lipinski definition) is 0. The molecule has 6 heteroatoms. The average Bonchev–Trinajstić information content (AvgIpc) is 3.28. The van der Waals surface area contributed by atoms with E-state index in [1.165, 1.54) is 5.56 Å². The first-order chi connectivity index (χ1) is 12.7. The molecule has 2 aromatic carbocycles. The standard InChI is InChI=1S/C20H18BrN3OS/c1-13-12-26-20(22-13)24-18(14-7-9-15(21)10-8-14)11-17(23-24)16-5-3-4-6-19(16)25-2/h3-10,12,18H,11H2,1-2H3. The van der Waals surface area contributed by atoms with E-state index in [4.69, 9.17) is 9.84 Å². The van der Waals surface area contributed by atoms with Crippen LogP contribution >= 0.6 is 27.3 Å². The number of anilines is 1. The molecule has 0 fully saturated rings. The highest BCUT2D eigenvalue weighted by molar-refractivity contribution is 9.10. The van der Waals surface area contributed by atoms with Crippen LogP contribution in [-0.4, -0.2) is 17.8 Å². The van der Waals surface area contributed by atoms with Crippen LogP contribution in [0.1, 0.15) is 29.3 Å². The minimum atomic E-state index is 0.119. The van der Waals surface area contributed by atoms with Crippen LogP contribution in [0.5, 0.6) is 5.75 Å². The first-order valence-electron chi connectivity index (χ1n) is 8.33. The Balaban J connectivity index is 1.76. The Hall–Kier alpha value is -2.18. The zero-order valence-electron chi connectivity index (χ0n) is 14.5. The van der Waals surface area contributed by atoms with E-state index in [1.54, 1.807) is 18.4 Å². The molecule has 1 aliphatic rings. The number of ether oxygens (including phenoxy) is 1. The second kappa shape index (κ2) is 7.21.